The van der Waals surface area contributed by atoms with Crippen LogP contribution in [0.3, 0.4) is 0 Å². The van der Waals surface area contributed by atoms with Crippen LogP contribution in [0.5, 0.6) is 0 Å². The van der Waals surface area contributed by atoms with Gasteiger partial charge in [0.15, 0.2) is 5.76 Å². The van der Waals surface area contributed by atoms with Gasteiger partial charge in [-0.2, -0.15) is 0 Å². The van der Waals surface area contributed by atoms with E-state index in [-0.39, 0.29) is 18.2 Å². The van der Waals surface area contributed by atoms with Crippen LogP contribution in [0, 0.1) is 0 Å². The average molecular weight is 377 g/mol. The van der Waals surface area contributed by atoms with E-state index in [1.165, 1.54) is 12.3 Å². The third kappa shape index (κ3) is 5.31. The van der Waals surface area contributed by atoms with Gasteiger partial charge >= 0.3 is 0 Å². The molecule has 0 aliphatic rings. The van der Waals surface area contributed by atoms with Gasteiger partial charge in [-0.15, -0.1) is 0 Å². The first-order valence-corrected chi connectivity index (χ1v) is 8.65. The Hall–Kier alpha value is -3.87. The highest BCUT2D eigenvalue weighted by molar-refractivity contribution is 6.03. The van der Waals surface area contributed by atoms with Crippen LogP contribution >= 0.6 is 0 Å². The second-order valence-electron chi connectivity index (χ2n) is 5.96. The second-order valence-corrected chi connectivity index (χ2v) is 5.96. The number of carbonyl (C=O) groups excluding carboxylic acids is 3. The minimum atomic E-state index is -0.414. The maximum atomic E-state index is 12.3. The fraction of sp³-hybridized carbons (Fsp3) is 0.0952. The molecule has 7 nitrogen and oxygen atoms in total. The summed E-state index contributed by atoms with van der Waals surface area (Å²) in [6.45, 7) is 0.249. The van der Waals surface area contributed by atoms with Crippen LogP contribution in [-0.2, 0) is 11.3 Å². The number of hydrogen-bond donors (Lipinski definition) is 3. The predicted octanol–water partition coefficient (Wildman–Crippen LogP) is 2.58. The first kappa shape index (κ1) is 18.9. The predicted molar refractivity (Wildman–Crippen MR) is 104 cm³/mol. The quantitative estimate of drug-likeness (QED) is 0.589. The van der Waals surface area contributed by atoms with Gasteiger partial charge in [-0.25, -0.2) is 0 Å². The molecule has 7 heteroatoms. The molecule has 3 rings (SSSR count). The molecule has 0 atom stereocenters. The van der Waals surface area contributed by atoms with E-state index in [1.807, 2.05) is 30.3 Å². The summed E-state index contributed by atoms with van der Waals surface area (Å²) in [6, 6.07) is 19.1. The fourth-order valence-electron chi connectivity index (χ4n) is 2.46. The van der Waals surface area contributed by atoms with Gasteiger partial charge in [0.1, 0.15) is 0 Å². The standard InChI is InChI=1S/C21H19N3O4/c25-19(22-13-15-6-2-1-3-7-15)14-23-20(26)16-8-4-9-17(12-16)24-21(27)18-10-5-11-28-18/h1-12H,13-14H2,(H,22,25)(H,23,26)(H,24,27). The molecule has 3 amide bonds. The minimum Gasteiger partial charge on any atom is -0.459 e. The summed E-state index contributed by atoms with van der Waals surface area (Å²) in [5.74, 6) is -0.948. The lowest BCUT2D eigenvalue weighted by molar-refractivity contribution is -0.120. The highest BCUT2D eigenvalue weighted by Gasteiger charge is 2.12. The molecule has 0 aliphatic heterocycles. The van der Waals surface area contributed by atoms with Gasteiger partial charge in [0, 0.05) is 17.8 Å². The number of nitrogens with one attached hydrogen (secondary N) is 3. The van der Waals surface area contributed by atoms with Crippen molar-refractivity contribution in [1.29, 1.82) is 0 Å². The van der Waals surface area contributed by atoms with Gasteiger partial charge in [-0.05, 0) is 35.9 Å². The third-order valence-electron chi connectivity index (χ3n) is 3.87. The topological polar surface area (TPSA) is 100 Å². The highest BCUT2D eigenvalue weighted by Crippen LogP contribution is 2.12. The number of benzene rings is 2. The molecule has 0 saturated carbocycles. The molecule has 142 valence electrons. The van der Waals surface area contributed by atoms with Gasteiger partial charge in [0.2, 0.25) is 5.91 Å². The average Bonchev–Trinajstić information content (AvgIpc) is 3.26. The maximum absolute atomic E-state index is 12.3. The molecule has 2 aromatic carbocycles. The lowest BCUT2D eigenvalue weighted by atomic mass is 10.2. The molecular formula is C21H19N3O4. The van der Waals surface area contributed by atoms with Crippen molar-refractivity contribution in [2.75, 3.05) is 11.9 Å². The molecule has 0 fully saturated rings. The van der Waals surface area contributed by atoms with E-state index in [9.17, 15) is 14.4 Å². The monoisotopic (exact) mass is 377 g/mol. The number of furan rings is 1. The van der Waals surface area contributed by atoms with E-state index < -0.39 is 11.8 Å². The summed E-state index contributed by atoms with van der Waals surface area (Å²) in [6.07, 6.45) is 1.40. The van der Waals surface area contributed by atoms with Gasteiger partial charge in [0.25, 0.3) is 11.8 Å². The zero-order valence-corrected chi connectivity index (χ0v) is 15.0. The highest BCUT2D eigenvalue weighted by atomic mass is 16.3. The summed E-state index contributed by atoms with van der Waals surface area (Å²) in [7, 11) is 0. The molecule has 3 N–H and O–H groups in total. The molecule has 0 saturated heterocycles. The van der Waals surface area contributed by atoms with Gasteiger partial charge in [-0.3, -0.25) is 14.4 Å². The van der Waals surface area contributed by atoms with Crippen LogP contribution in [0.1, 0.15) is 26.5 Å². The van der Waals surface area contributed by atoms with E-state index >= 15 is 0 Å². The lowest BCUT2D eigenvalue weighted by Gasteiger charge is -2.09. The molecule has 0 bridgehead atoms. The molecule has 0 spiro atoms. The van der Waals surface area contributed by atoms with Crippen molar-refractivity contribution in [1.82, 2.24) is 10.6 Å². The molecule has 1 heterocycles. The number of amides is 3. The summed E-state index contributed by atoms with van der Waals surface area (Å²) in [5, 5.41) is 7.95. The Morgan fingerprint density at radius 1 is 0.821 bits per heavy atom. The zero-order valence-electron chi connectivity index (χ0n) is 15.0. The normalized spacial score (nSPS) is 10.1. The van der Waals surface area contributed by atoms with Crippen molar-refractivity contribution in [2.24, 2.45) is 0 Å². The number of hydrogen-bond acceptors (Lipinski definition) is 4. The smallest absolute Gasteiger partial charge is 0.291 e. The van der Waals surface area contributed by atoms with Crippen molar-refractivity contribution in [3.63, 3.8) is 0 Å². The molecule has 3 aromatic rings. The summed E-state index contributed by atoms with van der Waals surface area (Å²) in [4.78, 5) is 36.2. The van der Waals surface area contributed by atoms with E-state index in [4.69, 9.17) is 4.42 Å². The molecule has 0 aliphatic carbocycles. The Morgan fingerprint density at radius 2 is 1.64 bits per heavy atom. The van der Waals surface area contributed by atoms with Crippen LogP contribution < -0.4 is 16.0 Å². The van der Waals surface area contributed by atoms with Crippen molar-refractivity contribution >= 4 is 23.4 Å². The molecule has 0 radical (unpaired) electrons. The van der Waals surface area contributed by atoms with Crippen molar-refractivity contribution < 1.29 is 18.8 Å². The first-order valence-electron chi connectivity index (χ1n) is 8.65. The molecule has 0 unspecified atom stereocenters. The fourth-order valence-corrected chi connectivity index (χ4v) is 2.46. The van der Waals surface area contributed by atoms with Crippen molar-refractivity contribution in [3.05, 3.63) is 89.9 Å². The van der Waals surface area contributed by atoms with E-state index in [0.717, 1.165) is 5.56 Å². The SMILES string of the molecule is O=C(CNC(=O)c1cccc(NC(=O)c2ccco2)c1)NCc1ccccc1. The van der Waals surface area contributed by atoms with E-state index in [2.05, 4.69) is 16.0 Å². The van der Waals surface area contributed by atoms with Crippen LogP contribution in [0.25, 0.3) is 0 Å². The van der Waals surface area contributed by atoms with Crippen molar-refractivity contribution in [3.8, 4) is 0 Å². The van der Waals surface area contributed by atoms with Crippen LogP contribution in [0.15, 0.2) is 77.4 Å². The molecule has 28 heavy (non-hydrogen) atoms. The largest absolute Gasteiger partial charge is 0.459 e. The van der Waals surface area contributed by atoms with Gasteiger partial charge in [-0.1, -0.05) is 36.4 Å². The third-order valence-corrected chi connectivity index (χ3v) is 3.87. The van der Waals surface area contributed by atoms with Crippen LogP contribution in [0.2, 0.25) is 0 Å². The summed E-state index contributed by atoms with van der Waals surface area (Å²) < 4.78 is 5.03. The summed E-state index contributed by atoms with van der Waals surface area (Å²) >= 11 is 0. The Labute approximate surface area is 161 Å². The number of rotatable bonds is 7. The molecule has 1 aromatic heterocycles. The second kappa shape index (κ2) is 9.18. The Balaban J connectivity index is 1.50. The van der Waals surface area contributed by atoms with E-state index in [0.29, 0.717) is 17.8 Å². The number of carbonyl (C=O) groups is 3. The van der Waals surface area contributed by atoms with Crippen LogP contribution in [-0.4, -0.2) is 24.3 Å². The van der Waals surface area contributed by atoms with Crippen LogP contribution in [0.4, 0.5) is 5.69 Å². The first-order chi connectivity index (χ1) is 13.6. The van der Waals surface area contributed by atoms with Crippen molar-refractivity contribution in [2.45, 2.75) is 6.54 Å². The Bertz CT molecular complexity index is 953. The van der Waals surface area contributed by atoms with E-state index in [1.54, 1.807) is 30.3 Å². The summed E-state index contributed by atoms with van der Waals surface area (Å²) in [5.41, 5.74) is 1.75. The Morgan fingerprint density at radius 3 is 2.39 bits per heavy atom. The van der Waals surface area contributed by atoms with Gasteiger partial charge < -0.3 is 20.4 Å². The molecular weight excluding hydrogens is 358 g/mol. The minimum absolute atomic E-state index is 0.144. The zero-order chi connectivity index (χ0) is 19.8. The Kier molecular flexibility index (Phi) is 6.20. The maximum Gasteiger partial charge on any atom is 0.291 e. The number of anilines is 1. The lowest BCUT2D eigenvalue weighted by Crippen LogP contribution is -2.36. The van der Waals surface area contributed by atoms with Gasteiger partial charge in [0.05, 0.1) is 12.8 Å².